The first-order valence-electron chi connectivity index (χ1n) is 8.92. The first-order chi connectivity index (χ1) is 12.7. The van der Waals surface area contributed by atoms with Crippen molar-refractivity contribution in [3.05, 3.63) is 47.5 Å². The van der Waals surface area contributed by atoms with Gasteiger partial charge in [0.05, 0.1) is 17.3 Å². The van der Waals surface area contributed by atoms with Gasteiger partial charge in [0.25, 0.3) is 0 Å². The van der Waals surface area contributed by atoms with Gasteiger partial charge in [-0.15, -0.1) is 0 Å². The van der Waals surface area contributed by atoms with Crippen LogP contribution in [0, 0.1) is 0 Å². The third-order valence-electron chi connectivity index (χ3n) is 4.39. The Hall–Kier alpha value is -2.34. The second-order valence-electron chi connectivity index (χ2n) is 6.31. The zero-order chi connectivity index (χ0) is 18.4. The van der Waals surface area contributed by atoms with Gasteiger partial charge in [-0.1, -0.05) is 24.6 Å². The van der Waals surface area contributed by atoms with Crippen molar-refractivity contribution in [2.24, 2.45) is 0 Å². The van der Waals surface area contributed by atoms with E-state index < -0.39 is 0 Å². The summed E-state index contributed by atoms with van der Waals surface area (Å²) in [4.78, 5) is 22.9. The number of amides is 2. The van der Waals surface area contributed by atoms with Gasteiger partial charge in [0.15, 0.2) is 5.75 Å². The minimum Gasteiger partial charge on any atom is -0.490 e. The molecule has 26 heavy (non-hydrogen) atoms. The smallest absolute Gasteiger partial charge is 0.321 e. The Morgan fingerprint density at radius 2 is 2.31 bits per heavy atom. The topological polar surface area (TPSA) is 67.3 Å². The fraction of sp³-hybridized carbons (Fsp3) is 0.421. The van der Waals surface area contributed by atoms with Gasteiger partial charge in [-0.05, 0) is 37.5 Å². The third-order valence-corrected chi connectivity index (χ3v) is 4.69. The molecular formula is C19H23ClN4O2. The van der Waals surface area contributed by atoms with Crippen molar-refractivity contribution < 1.29 is 9.53 Å². The second-order valence-corrected chi connectivity index (χ2v) is 6.72. The molecule has 1 aliphatic heterocycles. The third kappa shape index (κ3) is 4.43. The van der Waals surface area contributed by atoms with E-state index in [1.54, 1.807) is 30.7 Å². The number of urea groups is 1. The number of nitrogens with zero attached hydrogens (tertiary/aromatic N) is 3. The standard InChI is InChI=1S/C19H23ClN4O2/c1-2-11-26-18-15(20)6-3-7-17(18)23-19(25)24-10-4-5-14(12-24)16-8-9-21-13-22-16/h3,6-9,13-14H,2,4-5,10-12H2,1H3,(H,23,25)/t14-/m0/s1. The first kappa shape index (κ1) is 18.5. The highest BCUT2D eigenvalue weighted by Gasteiger charge is 2.26. The molecule has 7 heteroatoms. The van der Waals surface area contributed by atoms with Crippen molar-refractivity contribution in [2.75, 3.05) is 25.0 Å². The predicted octanol–water partition coefficient (Wildman–Crippen LogP) is 4.33. The van der Waals surface area contributed by atoms with Crippen molar-refractivity contribution in [1.82, 2.24) is 14.9 Å². The van der Waals surface area contributed by atoms with Gasteiger partial charge < -0.3 is 15.0 Å². The monoisotopic (exact) mass is 374 g/mol. The van der Waals surface area contributed by atoms with Crippen molar-refractivity contribution >= 4 is 23.3 Å². The number of halogens is 1. The summed E-state index contributed by atoms with van der Waals surface area (Å²) >= 11 is 6.23. The number of likely N-dealkylation sites (tertiary alicyclic amines) is 1. The molecule has 0 radical (unpaired) electrons. The Kier molecular flexibility index (Phi) is 6.28. The maximum absolute atomic E-state index is 12.8. The van der Waals surface area contributed by atoms with E-state index in [0.717, 1.165) is 31.5 Å². The van der Waals surface area contributed by atoms with Crippen LogP contribution in [0.3, 0.4) is 0 Å². The Balaban J connectivity index is 1.69. The van der Waals surface area contributed by atoms with Crippen molar-refractivity contribution in [2.45, 2.75) is 32.1 Å². The van der Waals surface area contributed by atoms with Crippen LogP contribution in [0.15, 0.2) is 36.8 Å². The zero-order valence-electron chi connectivity index (χ0n) is 14.8. The molecule has 2 amide bonds. The summed E-state index contributed by atoms with van der Waals surface area (Å²) in [5, 5.41) is 3.44. The number of ether oxygens (including phenoxy) is 1. The molecule has 1 fully saturated rings. The highest BCUT2D eigenvalue weighted by atomic mass is 35.5. The number of hydrogen-bond donors (Lipinski definition) is 1. The van der Waals surface area contributed by atoms with Crippen molar-refractivity contribution in [3.8, 4) is 5.75 Å². The molecule has 0 aliphatic carbocycles. The van der Waals surface area contributed by atoms with E-state index in [1.165, 1.54) is 0 Å². The average molecular weight is 375 g/mol. The van der Waals surface area contributed by atoms with E-state index in [9.17, 15) is 4.79 Å². The number of para-hydroxylation sites is 1. The molecule has 0 unspecified atom stereocenters. The average Bonchev–Trinajstić information content (AvgIpc) is 2.68. The summed E-state index contributed by atoms with van der Waals surface area (Å²) in [5.41, 5.74) is 1.58. The molecule has 3 rings (SSSR count). The Bertz CT molecular complexity index is 742. The summed E-state index contributed by atoms with van der Waals surface area (Å²) in [6, 6.07) is 7.14. The summed E-state index contributed by atoms with van der Waals surface area (Å²) in [5.74, 6) is 0.751. The molecule has 0 bridgehead atoms. The highest BCUT2D eigenvalue weighted by Crippen LogP contribution is 2.33. The van der Waals surface area contributed by atoms with Crippen molar-refractivity contribution in [1.29, 1.82) is 0 Å². The molecule has 1 saturated heterocycles. The van der Waals surface area contributed by atoms with E-state index in [1.807, 2.05) is 17.9 Å². The van der Waals surface area contributed by atoms with Crippen LogP contribution >= 0.6 is 11.6 Å². The molecule has 1 aromatic carbocycles. The predicted molar refractivity (Wildman–Crippen MR) is 102 cm³/mol. The van der Waals surface area contributed by atoms with Gasteiger partial charge in [-0.2, -0.15) is 0 Å². The lowest BCUT2D eigenvalue weighted by Crippen LogP contribution is -2.41. The second kappa shape index (κ2) is 8.85. The van der Waals surface area contributed by atoms with E-state index >= 15 is 0 Å². The molecule has 1 aromatic heterocycles. The minimum atomic E-state index is -0.146. The number of benzene rings is 1. The van der Waals surface area contributed by atoms with Crippen molar-refractivity contribution in [3.63, 3.8) is 0 Å². The Morgan fingerprint density at radius 1 is 1.42 bits per heavy atom. The fourth-order valence-electron chi connectivity index (χ4n) is 3.10. The van der Waals surface area contributed by atoms with Gasteiger partial charge >= 0.3 is 6.03 Å². The van der Waals surface area contributed by atoms with Crippen LogP contribution in [0.4, 0.5) is 10.5 Å². The van der Waals surface area contributed by atoms with Gasteiger partial charge in [-0.3, -0.25) is 0 Å². The van der Waals surface area contributed by atoms with Crippen LogP contribution in [0.2, 0.25) is 5.02 Å². The van der Waals surface area contributed by atoms with Crippen LogP contribution in [0.1, 0.15) is 37.8 Å². The van der Waals surface area contributed by atoms with Crippen LogP contribution < -0.4 is 10.1 Å². The SMILES string of the molecule is CCCOc1c(Cl)cccc1NC(=O)N1CCC[C@H](c2ccncn2)C1. The van der Waals surface area contributed by atoms with E-state index in [4.69, 9.17) is 16.3 Å². The number of carbonyl (C=O) groups excluding carboxylic acids is 1. The molecule has 2 aromatic rings. The molecular weight excluding hydrogens is 352 g/mol. The van der Waals surface area contributed by atoms with Crippen LogP contribution in [-0.2, 0) is 0 Å². The Labute approximate surface area is 158 Å². The molecule has 1 N–H and O–H groups in total. The molecule has 6 nitrogen and oxygen atoms in total. The van der Waals surface area contributed by atoms with E-state index in [2.05, 4.69) is 15.3 Å². The molecule has 1 atom stereocenters. The molecule has 1 aliphatic rings. The Morgan fingerprint density at radius 3 is 3.08 bits per heavy atom. The fourth-order valence-corrected chi connectivity index (χ4v) is 3.33. The molecule has 0 spiro atoms. The highest BCUT2D eigenvalue weighted by molar-refractivity contribution is 6.32. The quantitative estimate of drug-likeness (QED) is 0.845. The molecule has 0 saturated carbocycles. The van der Waals surface area contributed by atoms with Gasteiger partial charge in [0.1, 0.15) is 6.33 Å². The zero-order valence-corrected chi connectivity index (χ0v) is 15.6. The van der Waals surface area contributed by atoms with Gasteiger partial charge in [0, 0.05) is 30.9 Å². The lowest BCUT2D eigenvalue weighted by Gasteiger charge is -2.32. The normalized spacial score (nSPS) is 17.0. The number of rotatable bonds is 5. The maximum atomic E-state index is 12.8. The number of anilines is 1. The number of piperidine rings is 1. The summed E-state index contributed by atoms with van der Waals surface area (Å²) < 4.78 is 5.71. The van der Waals surface area contributed by atoms with Crippen LogP contribution in [-0.4, -0.2) is 40.6 Å². The molecule has 2 heterocycles. The lowest BCUT2D eigenvalue weighted by molar-refractivity contribution is 0.192. The van der Waals surface area contributed by atoms with Crippen LogP contribution in [0.25, 0.3) is 0 Å². The lowest BCUT2D eigenvalue weighted by atomic mass is 9.95. The minimum absolute atomic E-state index is 0.146. The van der Waals surface area contributed by atoms with E-state index in [0.29, 0.717) is 29.6 Å². The number of nitrogens with one attached hydrogen (secondary N) is 1. The first-order valence-corrected chi connectivity index (χ1v) is 9.30. The molecule has 138 valence electrons. The largest absolute Gasteiger partial charge is 0.490 e. The summed E-state index contributed by atoms with van der Waals surface area (Å²) in [6.45, 7) is 3.93. The maximum Gasteiger partial charge on any atom is 0.321 e. The number of carbonyl (C=O) groups is 1. The van der Waals surface area contributed by atoms with Gasteiger partial charge in [0.2, 0.25) is 0 Å². The summed E-state index contributed by atoms with van der Waals surface area (Å²) in [6.07, 6.45) is 6.12. The number of aromatic nitrogens is 2. The summed E-state index contributed by atoms with van der Waals surface area (Å²) in [7, 11) is 0. The van der Waals surface area contributed by atoms with Crippen LogP contribution in [0.5, 0.6) is 5.75 Å². The van der Waals surface area contributed by atoms with Gasteiger partial charge in [-0.25, -0.2) is 14.8 Å². The number of hydrogen-bond acceptors (Lipinski definition) is 4. The van der Waals surface area contributed by atoms with E-state index in [-0.39, 0.29) is 11.9 Å².